The van der Waals surface area contributed by atoms with Crippen LogP contribution >= 0.6 is 0 Å². The van der Waals surface area contributed by atoms with Gasteiger partial charge in [0.1, 0.15) is 11.6 Å². The average Bonchev–Trinajstić information content (AvgIpc) is 2.94. The topological polar surface area (TPSA) is 81.2 Å². The van der Waals surface area contributed by atoms with Gasteiger partial charge in [0.05, 0.1) is 11.4 Å². The number of rotatable bonds is 3. The first-order valence-electron chi connectivity index (χ1n) is 6.51. The Morgan fingerprint density at radius 1 is 1.33 bits per heavy atom. The summed E-state index contributed by atoms with van der Waals surface area (Å²) in [5, 5.41) is 0. The fourth-order valence-electron chi connectivity index (χ4n) is 2.43. The van der Waals surface area contributed by atoms with Crippen LogP contribution in [0.2, 0.25) is 0 Å². The summed E-state index contributed by atoms with van der Waals surface area (Å²) in [5.41, 5.74) is 5.97. The number of benzene rings is 1. The van der Waals surface area contributed by atoms with Crippen LogP contribution in [-0.4, -0.2) is 28.8 Å². The highest BCUT2D eigenvalue weighted by molar-refractivity contribution is 7.89. The number of hydrogen-bond donors (Lipinski definition) is 1. The van der Waals surface area contributed by atoms with Gasteiger partial charge in [-0.1, -0.05) is 6.07 Å². The molecule has 1 aliphatic heterocycles. The molecule has 1 aromatic carbocycles. The van der Waals surface area contributed by atoms with Crippen molar-refractivity contribution in [1.29, 1.82) is 0 Å². The van der Waals surface area contributed by atoms with Gasteiger partial charge in [-0.25, -0.2) is 17.8 Å². The zero-order valence-corrected chi connectivity index (χ0v) is 12.1. The normalized spacial score (nSPS) is 15.9. The minimum atomic E-state index is -3.79. The molecule has 0 saturated carbocycles. The van der Waals surface area contributed by atoms with Gasteiger partial charge in [0.2, 0.25) is 10.0 Å². The molecule has 8 heteroatoms. The lowest BCUT2D eigenvalue weighted by Crippen LogP contribution is -2.38. The van der Waals surface area contributed by atoms with Crippen molar-refractivity contribution < 1.29 is 12.8 Å². The van der Waals surface area contributed by atoms with E-state index in [0.29, 0.717) is 24.5 Å². The standard InChI is InChI=1S/C13H15FN4O2S/c14-11-2-1-10(8-15)12(7-11)21(19,20)18-6-5-17-4-3-16-13(17)9-18/h1-4,7H,5-6,8-9,15H2. The fourth-order valence-corrected chi connectivity index (χ4v) is 4.06. The van der Waals surface area contributed by atoms with Crippen LogP contribution in [-0.2, 0) is 29.7 Å². The summed E-state index contributed by atoms with van der Waals surface area (Å²) in [7, 11) is -3.79. The van der Waals surface area contributed by atoms with Gasteiger partial charge in [0, 0.05) is 32.0 Å². The second-order valence-electron chi connectivity index (χ2n) is 4.83. The lowest BCUT2D eigenvalue weighted by Gasteiger charge is -2.27. The summed E-state index contributed by atoms with van der Waals surface area (Å²) in [6.45, 7) is 1.07. The fraction of sp³-hybridized carbons (Fsp3) is 0.308. The van der Waals surface area contributed by atoms with Gasteiger partial charge in [-0.15, -0.1) is 0 Å². The molecule has 0 radical (unpaired) electrons. The van der Waals surface area contributed by atoms with Gasteiger partial charge in [0.25, 0.3) is 0 Å². The van der Waals surface area contributed by atoms with Gasteiger partial charge < -0.3 is 10.3 Å². The molecule has 0 atom stereocenters. The molecule has 2 N–H and O–H groups in total. The third-order valence-corrected chi connectivity index (χ3v) is 5.50. The number of sulfonamides is 1. The van der Waals surface area contributed by atoms with Crippen molar-refractivity contribution in [2.75, 3.05) is 6.54 Å². The van der Waals surface area contributed by atoms with Crippen LogP contribution in [0.4, 0.5) is 4.39 Å². The molecule has 1 aliphatic rings. The molecule has 2 aromatic rings. The van der Waals surface area contributed by atoms with Crippen molar-refractivity contribution in [2.45, 2.75) is 24.5 Å². The third-order valence-electron chi connectivity index (χ3n) is 3.58. The van der Waals surface area contributed by atoms with Crippen molar-refractivity contribution >= 4 is 10.0 Å². The molecule has 3 rings (SSSR count). The third kappa shape index (κ3) is 2.45. The van der Waals surface area contributed by atoms with E-state index in [1.165, 1.54) is 16.4 Å². The second-order valence-corrected chi connectivity index (χ2v) is 6.74. The number of nitrogens with two attached hydrogens (primary N) is 1. The lowest BCUT2D eigenvalue weighted by atomic mass is 10.2. The van der Waals surface area contributed by atoms with Gasteiger partial charge in [0.15, 0.2) is 0 Å². The average molecular weight is 310 g/mol. The molecule has 2 heterocycles. The number of fused-ring (bicyclic) bond motifs is 1. The van der Waals surface area contributed by atoms with E-state index in [1.807, 2.05) is 10.8 Å². The Morgan fingerprint density at radius 3 is 2.90 bits per heavy atom. The number of nitrogens with zero attached hydrogens (tertiary/aromatic N) is 3. The first kappa shape index (κ1) is 14.2. The zero-order valence-electron chi connectivity index (χ0n) is 11.2. The smallest absolute Gasteiger partial charge is 0.243 e. The van der Waals surface area contributed by atoms with E-state index in [2.05, 4.69) is 4.98 Å². The van der Waals surface area contributed by atoms with Crippen LogP contribution in [0.25, 0.3) is 0 Å². The van der Waals surface area contributed by atoms with Gasteiger partial charge >= 0.3 is 0 Å². The highest BCUT2D eigenvalue weighted by Crippen LogP contribution is 2.24. The summed E-state index contributed by atoms with van der Waals surface area (Å²) >= 11 is 0. The van der Waals surface area contributed by atoms with Crippen LogP contribution in [0.1, 0.15) is 11.4 Å². The van der Waals surface area contributed by atoms with E-state index < -0.39 is 15.8 Å². The van der Waals surface area contributed by atoms with Crippen molar-refractivity contribution in [1.82, 2.24) is 13.9 Å². The monoisotopic (exact) mass is 310 g/mol. The maximum atomic E-state index is 13.4. The van der Waals surface area contributed by atoms with Crippen LogP contribution in [0.15, 0.2) is 35.5 Å². The first-order chi connectivity index (χ1) is 10.0. The van der Waals surface area contributed by atoms with Crippen LogP contribution < -0.4 is 5.73 Å². The van der Waals surface area contributed by atoms with Crippen molar-refractivity contribution in [3.05, 3.63) is 47.8 Å². The van der Waals surface area contributed by atoms with Gasteiger partial charge in [-0.2, -0.15) is 4.31 Å². The minimum absolute atomic E-state index is 0.0390. The summed E-state index contributed by atoms with van der Waals surface area (Å²) in [6.07, 6.45) is 3.45. The Kier molecular flexibility index (Phi) is 3.52. The predicted octanol–water partition coefficient (Wildman–Crippen LogP) is 0.685. The number of hydrogen-bond acceptors (Lipinski definition) is 4. The predicted molar refractivity (Wildman–Crippen MR) is 74.1 cm³/mol. The van der Waals surface area contributed by atoms with E-state index in [4.69, 9.17) is 5.73 Å². The van der Waals surface area contributed by atoms with E-state index in [1.54, 1.807) is 6.20 Å². The van der Waals surface area contributed by atoms with E-state index in [-0.39, 0.29) is 18.0 Å². The number of imidazole rings is 1. The molecular weight excluding hydrogens is 295 g/mol. The van der Waals surface area contributed by atoms with E-state index in [9.17, 15) is 12.8 Å². The molecule has 0 unspecified atom stereocenters. The quantitative estimate of drug-likeness (QED) is 0.904. The number of aromatic nitrogens is 2. The maximum Gasteiger partial charge on any atom is 0.243 e. The van der Waals surface area contributed by atoms with Crippen LogP contribution in [0, 0.1) is 5.82 Å². The largest absolute Gasteiger partial charge is 0.333 e. The molecule has 0 fully saturated rings. The first-order valence-corrected chi connectivity index (χ1v) is 7.95. The molecule has 1 aromatic heterocycles. The summed E-state index contributed by atoms with van der Waals surface area (Å²) in [5.74, 6) is 0.0832. The minimum Gasteiger partial charge on any atom is -0.333 e. The molecule has 21 heavy (non-hydrogen) atoms. The lowest BCUT2D eigenvalue weighted by molar-refractivity contribution is 0.335. The maximum absolute atomic E-state index is 13.4. The molecular formula is C13H15FN4O2S. The van der Waals surface area contributed by atoms with Crippen LogP contribution in [0.3, 0.4) is 0 Å². The van der Waals surface area contributed by atoms with E-state index in [0.717, 1.165) is 6.07 Å². The van der Waals surface area contributed by atoms with Crippen molar-refractivity contribution in [3.63, 3.8) is 0 Å². The second kappa shape index (κ2) is 5.21. The Hall–Kier alpha value is -1.77. The molecule has 0 spiro atoms. The zero-order chi connectivity index (χ0) is 15.0. The Labute approximate surface area is 122 Å². The number of halogens is 1. The summed E-state index contributed by atoms with van der Waals surface area (Å²) in [4.78, 5) is 4.07. The van der Waals surface area contributed by atoms with E-state index >= 15 is 0 Å². The molecule has 0 saturated heterocycles. The summed E-state index contributed by atoms with van der Waals surface area (Å²) < 4.78 is 42.1. The Bertz CT molecular complexity index is 772. The molecule has 0 bridgehead atoms. The van der Waals surface area contributed by atoms with Gasteiger partial charge in [-0.05, 0) is 17.7 Å². The highest BCUT2D eigenvalue weighted by atomic mass is 32.2. The molecule has 112 valence electrons. The SMILES string of the molecule is NCc1ccc(F)cc1S(=O)(=O)N1CCn2ccnc2C1. The summed E-state index contributed by atoms with van der Waals surface area (Å²) in [6, 6.07) is 3.65. The Morgan fingerprint density at radius 2 is 2.14 bits per heavy atom. The van der Waals surface area contributed by atoms with Gasteiger partial charge in [-0.3, -0.25) is 0 Å². The molecule has 6 nitrogen and oxygen atoms in total. The van der Waals surface area contributed by atoms with Crippen molar-refractivity contribution in [3.8, 4) is 0 Å². The molecule has 0 aliphatic carbocycles. The molecule has 0 amide bonds. The highest BCUT2D eigenvalue weighted by Gasteiger charge is 2.30. The van der Waals surface area contributed by atoms with Crippen LogP contribution in [0.5, 0.6) is 0 Å². The van der Waals surface area contributed by atoms with Crippen molar-refractivity contribution in [2.24, 2.45) is 5.73 Å². The Balaban J connectivity index is 2.00.